The zero-order chi connectivity index (χ0) is 11.3. The maximum absolute atomic E-state index is 11.4. The van der Waals surface area contributed by atoms with Gasteiger partial charge in [0.25, 0.3) is 0 Å². The number of hydrogen-bond acceptors (Lipinski definition) is 3. The fourth-order valence-electron chi connectivity index (χ4n) is 2.09. The van der Waals surface area contributed by atoms with Crippen LogP contribution in [0.15, 0.2) is 0 Å². The summed E-state index contributed by atoms with van der Waals surface area (Å²) >= 11 is 0. The summed E-state index contributed by atoms with van der Waals surface area (Å²) in [6.07, 6.45) is 3.40. The Morgan fingerprint density at radius 1 is 1.47 bits per heavy atom. The first-order chi connectivity index (χ1) is 7.17. The van der Waals surface area contributed by atoms with E-state index in [1.807, 2.05) is 6.92 Å². The molecule has 0 radical (unpaired) electrons. The normalized spacial score (nSPS) is 21.3. The lowest BCUT2D eigenvalue weighted by Gasteiger charge is -2.32. The van der Waals surface area contributed by atoms with E-state index in [-0.39, 0.29) is 11.9 Å². The molecule has 1 heterocycles. The Labute approximate surface area is 92.8 Å². The molecular weight excluding hydrogens is 190 g/mol. The zero-order valence-electron chi connectivity index (χ0n) is 10.2. The van der Waals surface area contributed by atoms with Crippen molar-refractivity contribution in [3.05, 3.63) is 0 Å². The number of piperidine rings is 1. The Morgan fingerprint density at radius 2 is 2.07 bits per heavy atom. The maximum atomic E-state index is 11.4. The van der Waals surface area contributed by atoms with E-state index in [9.17, 15) is 4.79 Å². The second-order valence-corrected chi connectivity index (χ2v) is 4.61. The van der Waals surface area contributed by atoms with Crippen molar-refractivity contribution in [3.63, 3.8) is 0 Å². The van der Waals surface area contributed by atoms with Crippen molar-refractivity contribution in [1.29, 1.82) is 0 Å². The Hall–Kier alpha value is -0.570. The van der Waals surface area contributed by atoms with Crippen molar-refractivity contribution in [2.24, 2.45) is 11.8 Å². The van der Waals surface area contributed by atoms with Gasteiger partial charge in [-0.25, -0.2) is 0 Å². The predicted octanol–water partition coefficient (Wildman–Crippen LogP) is 1.92. The van der Waals surface area contributed by atoms with Crippen LogP contribution in [0.25, 0.3) is 0 Å². The molecule has 1 fully saturated rings. The van der Waals surface area contributed by atoms with E-state index in [2.05, 4.69) is 11.8 Å². The van der Waals surface area contributed by atoms with Crippen LogP contribution in [-0.4, -0.2) is 37.6 Å². The summed E-state index contributed by atoms with van der Waals surface area (Å²) in [5.74, 6) is 0.846. The van der Waals surface area contributed by atoms with Crippen LogP contribution in [0.2, 0.25) is 0 Å². The minimum absolute atomic E-state index is 0.0587. The highest BCUT2D eigenvalue weighted by atomic mass is 16.5. The smallest absolute Gasteiger partial charge is 0.309 e. The number of methoxy groups -OCH3 is 1. The van der Waals surface area contributed by atoms with Crippen LogP contribution >= 0.6 is 0 Å². The average Bonchev–Trinajstić information content (AvgIpc) is 2.27. The molecule has 1 aliphatic heterocycles. The van der Waals surface area contributed by atoms with E-state index < -0.39 is 0 Å². The molecule has 0 aromatic heterocycles. The van der Waals surface area contributed by atoms with Gasteiger partial charge < -0.3 is 9.64 Å². The molecule has 1 aliphatic rings. The van der Waals surface area contributed by atoms with Crippen molar-refractivity contribution in [3.8, 4) is 0 Å². The average molecular weight is 213 g/mol. The zero-order valence-corrected chi connectivity index (χ0v) is 10.2. The third-order valence-electron chi connectivity index (χ3n) is 3.38. The molecule has 0 amide bonds. The quantitative estimate of drug-likeness (QED) is 0.668. The highest BCUT2D eigenvalue weighted by molar-refractivity contribution is 5.72. The standard InChI is InChI=1S/C12H23NO2/c1-4-11(12(14)15-3)9-13-7-5-10(2)6-8-13/h10-11H,4-9H2,1-3H3. The molecule has 1 rings (SSSR count). The molecule has 3 heteroatoms. The predicted molar refractivity (Wildman–Crippen MR) is 60.6 cm³/mol. The van der Waals surface area contributed by atoms with Gasteiger partial charge in [-0.2, -0.15) is 0 Å². The molecule has 0 spiro atoms. The van der Waals surface area contributed by atoms with E-state index in [4.69, 9.17) is 4.74 Å². The van der Waals surface area contributed by atoms with Gasteiger partial charge in [-0.1, -0.05) is 13.8 Å². The summed E-state index contributed by atoms with van der Waals surface area (Å²) in [4.78, 5) is 13.8. The van der Waals surface area contributed by atoms with Crippen LogP contribution < -0.4 is 0 Å². The van der Waals surface area contributed by atoms with Gasteiger partial charge >= 0.3 is 5.97 Å². The molecule has 1 atom stereocenters. The van der Waals surface area contributed by atoms with Crippen LogP contribution in [0.3, 0.4) is 0 Å². The van der Waals surface area contributed by atoms with Crippen LogP contribution in [0, 0.1) is 11.8 Å². The molecule has 0 saturated carbocycles. The lowest BCUT2D eigenvalue weighted by Crippen LogP contribution is -2.38. The van der Waals surface area contributed by atoms with Gasteiger partial charge in [0.15, 0.2) is 0 Å². The Bertz CT molecular complexity index is 198. The molecule has 1 unspecified atom stereocenters. The van der Waals surface area contributed by atoms with Gasteiger partial charge in [-0.15, -0.1) is 0 Å². The van der Waals surface area contributed by atoms with E-state index >= 15 is 0 Å². The van der Waals surface area contributed by atoms with Gasteiger partial charge in [0.05, 0.1) is 13.0 Å². The van der Waals surface area contributed by atoms with Crippen molar-refractivity contribution >= 4 is 5.97 Å². The molecule has 88 valence electrons. The Morgan fingerprint density at radius 3 is 2.53 bits per heavy atom. The number of rotatable bonds is 4. The number of carbonyl (C=O) groups excluding carboxylic acids is 1. The first kappa shape index (κ1) is 12.5. The maximum Gasteiger partial charge on any atom is 0.309 e. The molecule has 3 nitrogen and oxygen atoms in total. The first-order valence-corrected chi connectivity index (χ1v) is 5.97. The summed E-state index contributed by atoms with van der Waals surface area (Å²) in [5.41, 5.74) is 0. The number of likely N-dealkylation sites (tertiary alicyclic amines) is 1. The molecule has 0 aliphatic carbocycles. The van der Waals surface area contributed by atoms with E-state index in [1.165, 1.54) is 20.0 Å². The summed E-state index contributed by atoms with van der Waals surface area (Å²) in [7, 11) is 1.48. The fourth-order valence-corrected chi connectivity index (χ4v) is 2.09. The molecule has 0 aromatic carbocycles. The minimum atomic E-state index is -0.0591. The van der Waals surface area contributed by atoms with Gasteiger partial charge in [-0.05, 0) is 38.3 Å². The van der Waals surface area contributed by atoms with Crippen LogP contribution in [0.4, 0.5) is 0 Å². The summed E-state index contributed by atoms with van der Waals surface area (Å²) < 4.78 is 4.80. The van der Waals surface area contributed by atoms with Gasteiger partial charge in [0, 0.05) is 6.54 Å². The summed E-state index contributed by atoms with van der Waals surface area (Å²) in [5, 5.41) is 0. The van der Waals surface area contributed by atoms with Crippen molar-refractivity contribution in [2.75, 3.05) is 26.7 Å². The lowest BCUT2D eigenvalue weighted by molar-refractivity contribution is -0.146. The summed E-state index contributed by atoms with van der Waals surface area (Å²) in [6.45, 7) is 7.49. The highest BCUT2D eigenvalue weighted by Gasteiger charge is 2.23. The number of esters is 1. The molecule has 0 aromatic rings. The van der Waals surface area contributed by atoms with Crippen LogP contribution in [0.1, 0.15) is 33.1 Å². The van der Waals surface area contributed by atoms with E-state index in [1.54, 1.807) is 0 Å². The SMILES string of the molecule is CCC(CN1CCC(C)CC1)C(=O)OC. The fraction of sp³-hybridized carbons (Fsp3) is 0.917. The molecule has 0 N–H and O–H groups in total. The highest BCUT2D eigenvalue weighted by Crippen LogP contribution is 2.18. The minimum Gasteiger partial charge on any atom is -0.469 e. The lowest BCUT2D eigenvalue weighted by atomic mass is 9.97. The van der Waals surface area contributed by atoms with Gasteiger partial charge in [0.2, 0.25) is 0 Å². The van der Waals surface area contributed by atoms with Crippen molar-refractivity contribution in [1.82, 2.24) is 4.90 Å². The second kappa shape index (κ2) is 6.11. The summed E-state index contributed by atoms with van der Waals surface area (Å²) in [6, 6.07) is 0. The van der Waals surface area contributed by atoms with Crippen molar-refractivity contribution in [2.45, 2.75) is 33.1 Å². The second-order valence-electron chi connectivity index (χ2n) is 4.61. The number of nitrogens with zero attached hydrogens (tertiary/aromatic N) is 1. The Balaban J connectivity index is 2.35. The topological polar surface area (TPSA) is 29.5 Å². The molecular formula is C12H23NO2. The largest absolute Gasteiger partial charge is 0.469 e. The molecule has 0 bridgehead atoms. The number of hydrogen-bond donors (Lipinski definition) is 0. The van der Waals surface area contributed by atoms with Crippen LogP contribution in [0.5, 0.6) is 0 Å². The first-order valence-electron chi connectivity index (χ1n) is 5.97. The Kier molecular flexibility index (Phi) is 5.09. The van der Waals surface area contributed by atoms with Gasteiger partial charge in [-0.3, -0.25) is 4.79 Å². The van der Waals surface area contributed by atoms with Gasteiger partial charge in [0.1, 0.15) is 0 Å². The van der Waals surface area contributed by atoms with E-state index in [0.717, 1.165) is 32.0 Å². The van der Waals surface area contributed by atoms with Crippen molar-refractivity contribution < 1.29 is 9.53 Å². The third kappa shape index (κ3) is 3.82. The monoisotopic (exact) mass is 213 g/mol. The number of carbonyl (C=O) groups is 1. The molecule has 15 heavy (non-hydrogen) atoms. The van der Waals surface area contributed by atoms with E-state index in [0.29, 0.717) is 0 Å². The third-order valence-corrected chi connectivity index (χ3v) is 3.38. The van der Waals surface area contributed by atoms with Crippen LogP contribution in [-0.2, 0) is 9.53 Å². The number of ether oxygens (including phenoxy) is 1. The molecule has 1 saturated heterocycles.